The zero-order chi connectivity index (χ0) is 26.3. The number of hydrogen-bond acceptors (Lipinski definition) is 7. The molecule has 0 aliphatic rings. The standard InChI is InChI=1S/C27H55NO7/c1-3-5-7-8-9-10-11-12-13-14-15-16-17-23(30)27(34)22(28-26(33)18-6-4-2)20-35-21-25(32)24(31)19-29/h22-25,27,29-32,34H,3-21H2,1-2H3,(H,28,33)/t22-,23+,24-,25-,27-/m0/s1. The first kappa shape index (κ1) is 34.2. The van der Waals surface area contributed by atoms with Gasteiger partial charge in [-0.15, -0.1) is 0 Å². The number of ether oxygens (including phenoxy) is 1. The highest BCUT2D eigenvalue weighted by molar-refractivity contribution is 5.76. The maximum atomic E-state index is 12.2. The summed E-state index contributed by atoms with van der Waals surface area (Å²) in [7, 11) is 0. The van der Waals surface area contributed by atoms with Crippen LogP contribution >= 0.6 is 0 Å². The van der Waals surface area contributed by atoms with Gasteiger partial charge in [-0.25, -0.2) is 0 Å². The lowest BCUT2D eigenvalue weighted by Crippen LogP contribution is -2.51. The van der Waals surface area contributed by atoms with Crippen molar-refractivity contribution in [1.82, 2.24) is 5.32 Å². The highest BCUT2D eigenvalue weighted by Crippen LogP contribution is 2.15. The van der Waals surface area contributed by atoms with E-state index in [4.69, 9.17) is 9.84 Å². The van der Waals surface area contributed by atoms with Gasteiger partial charge in [0.2, 0.25) is 5.91 Å². The molecule has 0 rings (SSSR count). The highest BCUT2D eigenvalue weighted by atomic mass is 16.5. The quantitative estimate of drug-likeness (QED) is 0.105. The first-order valence-corrected chi connectivity index (χ1v) is 14.1. The van der Waals surface area contributed by atoms with E-state index in [-0.39, 0.29) is 19.1 Å². The third-order valence-corrected chi connectivity index (χ3v) is 6.48. The average Bonchev–Trinajstić information content (AvgIpc) is 2.86. The number of carbonyl (C=O) groups is 1. The van der Waals surface area contributed by atoms with E-state index in [1.165, 1.54) is 57.8 Å². The van der Waals surface area contributed by atoms with Crippen LogP contribution in [0.4, 0.5) is 0 Å². The Kier molecular flexibility index (Phi) is 23.1. The van der Waals surface area contributed by atoms with Gasteiger partial charge in [0.1, 0.15) is 18.3 Å². The number of amides is 1. The SMILES string of the molecule is CCCCCCCCCCCCCC[C@@H](O)[C@@H](O)[C@H](COC[C@H](O)[C@@H](O)CO)NC(=O)CCCC. The molecule has 6 N–H and O–H groups in total. The van der Waals surface area contributed by atoms with Gasteiger partial charge in [0.15, 0.2) is 0 Å². The molecule has 8 nitrogen and oxygen atoms in total. The Balaban J connectivity index is 4.26. The summed E-state index contributed by atoms with van der Waals surface area (Å²) < 4.78 is 5.37. The molecule has 0 aromatic carbocycles. The topological polar surface area (TPSA) is 139 Å². The van der Waals surface area contributed by atoms with E-state index >= 15 is 0 Å². The van der Waals surface area contributed by atoms with E-state index < -0.39 is 37.1 Å². The summed E-state index contributed by atoms with van der Waals surface area (Å²) in [5, 5.41) is 51.9. The third kappa shape index (κ3) is 19.1. The predicted octanol–water partition coefficient (Wildman–Crippen LogP) is 3.21. The monoisotopic (exact) mass is 505 g/mol. The van der Waals surface area contributed by atoms with Crippen molar-refractivity contribution in [2.24, 2.45) is 0 Å². The summed E-state index contributed by atoms with van der Waals surface area (Å²) in [5.74, 6) is -0.229. The molecule has 0 aromatic heterocycles. The smallest absolute Gasteiger partial charge is 0.220 e. The Morgan fingerprint density at radius 3 is 1.71 bits per heavy atom. The van der Waals surface area contributed by atoms with Crippen LogP contribution in [0.2, 0.25) is 0 Å². The molecule has 0 fully saturated rings. The predicted molar refractivity (Wildman–Crippen MR) is 139 cm³/mol. The molecule has 0 aromatic rings. The zero-order valence-electron chi connectivity index (χ0n) is 22.4. The van der Waals surface area contributed by atoms with Gasteiger partial charge in [0.25, 0.3) is 0 Å². The minimum atomic E-state index is -1.33. The highest BCUT2D eigenvalue weighted by Gasteiger charge is 2.28. The van der Waals surface area contributed by atoms with Crippen molar-refractivity contribution < 1.29 is 35.1 Å². The average molecular weight is 506 g/mol. The number of hydrogen-bond donors (Lipinski definition) is 6. The van der Waals surface area contributed by atoms with Crippen LogP contribution in [-0.4, -0.2) is 81.7 Å². The van der Waals surface area contributed by atoms with Gasteiger partial charge in [-0.2, -0.15) is 0 Å². The van der Waals surface area contributed by atoms with Crippen LogP contribution in [0.1, 0.15) is 117 Å². The fourth-order valence-electron chi connectivity index (χ4n) is 4.02. The first-order chi connectivity index (χ1) is 16.9. The van der Waals surface area contributed by atoms with Crippen molar-refractivity contribution in [2.45, 2.75) is 147 Å². The number of carbonyl (C=O) groups excluding carboxylic acids is 1. The molecule has 0 saturated heterocycles. The van der Waals surface area contributed by atoms with E-state index in [1.807, 2.05) is 6.92 Å². The van der Waals surface area contributed by atoms with Gasteiger partial charge in [-0.1, -0.05) is 97.3 Å². The van der Waals surface area contributed by atoms with Gasteiger partial charge in [0, 0.05) is 6.42 Å². The van der Waals surface area contributed by atoms with Crippen molar-refractivity contribution in [3.05, 3.63) is 0 Å². The molecule has 0 bridgehead atoms. The van der Waals surface area contributed by atoms with Gasteiger partial charge >= 0.3 is 0 Å². The van der Waals surface area contributed by atoms with Crippen LogP contribution in [0.3, 0.4) is 0 Å². The van der Waals surface area contributed by atoms with Crippen LogP contribution in [0, 0.1) is 0 Å². The molecule has 0 radical (unpaired) electrons. The number of aliphatic hydroxyl groups is 5. The van der Waals surface area contributed by atoms with E-state index in [9.17, 15) is 25.2 Å². The molecule has 1 amide bonds. The molecule has 0 heterocycles. The summed E-state index contributed by atoms with van der Waals surface area (Å²) in [6, 6.07) is -0.829. The second-order valence-corrected chi connectivity index (χ2v) is 9.87. The van der Waals surface area contributed by atoms with Crippen molar-refractivity contribution in [3.63, 3.8) is 0 Å². The summed E-state index contributed by atoms with van der Waals surface area (Å²) in [4.78, 5) is 12.2. The van der Waals surface area contributed by atoms with Crippen molar-refractivity contribution >= 4 is 5.91 Å². The fraction of sp³-hybridized carbons (Fsp3) is 0.963. The maximum absolute atomic E-state index is 12.2. The number of nitrogens with one attached hydrogen (secondary N) is 1. The molecular formula is C27H55NO7. The van der Waals surface area contributed by atoms with Crippen LogP contribution in [-0.2, 0) is 9.53 Å². The molecule has 210 valence electrons. The molecule has 0 saturated carbocycles. The lowest BCUT2D eigenvalue weighted by atomic mass is 9.99. The second kappa shape index (κ2) is 23.6. The molecule has 35 heavy (non-hydrogen) atoms. The Morgan fingerprint density at radius 1 is 0.686 bits per heavy atom. The zero-order valence-corrected chi connectivity index (χ0v) is 22.4. The van der Waals surface area contributed by atoms with Crippen molar-refractivity contribution in [3.8, 4) is 0 Å². The summed E-state index contributed by atoms with van der Waals surface area (Å²) in [6.45, 7) is 3.24. The van der Waals surface area contributed by atoms with E-state index in [1.54, 1.807) is 0 Å². The van der Waals surface area contributed by atoms with Gasteiger partial charge in [-0.3, -0.25) is 4.79 Å². The molecular weight excluding hydrogens is 450 g/mol. The van der Waals surface area contributed by atoms with E-state index in [2.05, 4.69) is 12.2 Å². The van der Waals surface area contributed by atoms with E-state index in [0.717, 1.165) is 32.1 Å². The maximum Gasteiger partial charge on any atom is 0.220 e. The molecule has 0 aliphatic heterocycles. The van der Waals surface area contributed by atoms with E-state index in [0.29, 0.717) is 12.8 Å². The van der Waals surface area contributed by atoms with Crippen LogP contribution < -0.4 is 5.32 Å². The fourth-order valence-corrected chi connectivity index (χ4v) is 4.02. The van der Waals surface area contributed by atoms with Crippen molar-refractivity contribution in [2.75, 3.05) is 19.8 Å². The second-order valence-electron chi connectivity index (χ2n) is 9.87. The summed E-state index contributed by atoms with van der Waals surface area (Å²) in [5.41, 5.74) is 0. The molecule has 0 spiro atoms. The van der Waals surface area contributed by atoms with Gasteiger partial charge < -0.3 is 35.6 Å². The first-order valence-electron chi connectivity index (χ1n) is 14.1. The lowest BCUT2D eigenvalue weighted by molar-refractivity contribution is -0.125. The minimum absolute atomic E-state index is 0.121. The number of unbranched alkanes of at least 4 members (excludes halogenated alkanes) is 12. The van der Waals surface area contributed by atoms with Crippen LogP contribution in [0.5, 0.6) is 0 Å². The Labute approximate surface area is 213 Å². The molecule has 5 atom stereocenters. The third-order valence-electron chi connectivity index (χ3n) is 6.48. The largest absolute Gasteiger partial charge is 0.394 e. The van der Waals surface area contributed by atoms with Gasteiger partial charge in [-0.05, 0) is 12.8 Å². The Hall–Kier alpha value is -0.770. The molecule has 0 aliphatic carbocycles. The summed E-state index contributed by atoms with van der Waals surface area (Å²) >= 11 is 0. The molecule has 8 heteroatoms. The molecule has 0 unspecified atom stereocenters. The summed E-state index contributed by atoms with van der Waals surface area (Å²) in [6.07, 6.45) is 12.2. The normalized spacial score (nSPS) is 16.0. The Morgan fingerprint density at radius 2 is 1.20 bits per heavy atom. The van der Waals surface area contributed by atoms with Crippen LogP contribution in [0.15, 0.2) is 0 Å². The van der Waals surface area contributed by atoms with Crippen molar-refractivity contribution in [1.29, 1.82) is 0 Å². The Bertz CT molecular complexity index is 480. The number of rotatable bonds is 25. The minimum Gasteiger partial charge on any atom is -0.394 e. The van der Waals surface area contributed by atoms with Crippen LogP contribution in [0.25, 0.3) is 0 Å². The number of aliphatic hydroxyl groups excluding tert-OH is 5. The van der Waals surface area contributed by atoms with Gasteiger partial charge in [0.05, 0.1) is 32.0 Å². The lowest BCUT2D eigenvalue weighted by Gasteiger charge is -2.28.